The van der Waals surface area contributed by atoms with Gasteiger partial charge in [0.25, 0.3) is 5.69 Å². The lowest BCUT2D eigenvalue weighted by Gasteiger charge is -2.33. The van der Waals surface area contributed by atoms with Crippen molar-refractivity contribution in [1.29, 1.82) is 0 Å². The van der Waals surface area contributed by atoms with Crippen molar-refractivity contribution in [2.45, 2.75) is 31.7 Å². The van der Waals surface area contributed by atoms with E-state index in [0.717, 1.165) is 25.8 Å². The van der Waals surface area contributed by atoms with Crippen molar-refractivity contribution in [2.75, 3.05) is 11.9 Å². The van der Waals surface area contributed by atoms with Gasteiger partial charge >= 0.3 is 0 Å². The van der Waals surface area contributed by atoms with E-state index >= 15 is 0 Å². The summed E-state index contributed by atoms with van der Waals surface area (Å²) in [5.74, 6) is -0.221. The van der Waals surface area contributed by atoms with Crippen LogP contribution in [0.5, 0.6) is 0 Å². The Morgan fingerprint density at radius 2 is 2.16 bits per heavy atom. The summed E-state index contributed by atoms with van der Waals surface area (Å²) in [6, 6.07) is 6.17. The first-order valence-electron chi connectivity index (χ1n) is 6.33. The average molecular weight is 263 g/mol. The number of anilines is 1. The molecule has 0 radical (unpaired) electrons. The first-order valence-corrected chi connectivity index (χ1v) is 6.33. The topological polar surface area (TPSA) is 84.3 Å². The van der Waals surface area contributed by atoms with Crippen LogP contribution in [0.2, 0.25) is 0 Å². The minimum atomic E-state index is -0.651. The Kier molecular flexibility index (Phi) is 3.80. The number of carbonyl (C=O) groups excluding carboxylic acids is 1. The van der Waals surface area contributed by atoms with E-state index in [-0.39, 0.29) is 17.3 Å². The van der Waals surface area contributed by atoms with E-state index in [2.05, 4.69) is 10.6 Å². The number of nitrogens with zero attached hydrogens (tertiary/aromatic N) is 1. The lowest BCUT2D eigenvalue weighted by atomic mass is 9.90. The SMILES string of the molecule is CC1(C(=O)Nc2ccccc2[N+](=O)[O-])CCCCN1. The Bertz CT molecular complexity index is 496. The van der Waals surface area contributed by atoms with Crippen molar-refractivity contribution in [2.24, 2.45) is 0 Å². The van der Waals surface area contributed by atoms with Crippen molar-refractivity contribution in [3.05, 3.63) is 34.4 Å². The maximum absolute atomic E-state index is 12.3. The molecular formula is C13H17N3O3. The lowest BCUT2D eigenvalue weighted by Crippen LogP contribution is -2.54. The maximum Gasteiger partial charge on any atom is 0.292 e. The van der Waals surface area contributed by atoms with Crippen LogP contribution in [0.3, 0.4) is 0 Å². The monoisotopic (exact) mass is 263 g/mol. The molecule has 0 aliphatic carbocycles. The normalized spacial score (nSPS) is 22.8. The van der Waals surface area contributed by atoms with Gasteiger partial charge < -0.3 is 10.6 Å². The third-order valence-corrected chi connectivity index (χ3v) is 3.47. The first-order chi connectivity index (χ1) is 9.03. The molecule has 19 heavy (non-hydrogen) atoms. The Balaban J connectivity index is 2.17. The number of nitro groups is 1. The Morgan fingerprint density at radius 3 is 2.79 bits per heavy atom. The fourth-order valence-corrected chi connectivity index (χ4v) is 2.25. The quantitative estimate of drug-likeness (QED) is 0.645. The molecule has 1 aliphatic rings. The first kappa shape index (κ1) is 13.5. The molecule has 1 atom stereocenters. The molecule has 1 aliphatic heterocycles. The molecule has 102 valence electrons. The Labute approximate surface area is 111 Å². The predicted molar refractivity (Wildman–Crippen MR) is 72.0 cm³/mol. The number of nitrogens with one attached hydrogen (secondary N) is 2. The molecule has 1 saturated heterocycles. The van der Waals surface area contributed by atoms with E-state index in [1.807, 2.05) is 6.92 Å². The Morgan fingerprint density at radius 1 is 1.42 bits per heavy atom. The van der Waals surface area contributed by atoms with Crippen LogP contribution in [0.25, 0.3) is 0 Å². The van der Waals surface area contributed by atoms with Gasteiger partial charge in [0.15, 0.2) is 0 Å². The highest BCUT2D eigenvalue weighted by molar-refractivity contribution is 5.99. The molecule has 1 aromatic carbocycles. The molecule has 0 spiro atoms. The number of para-hydroxylation sites is 2. The number of rotatable bonds is 3. The smallest absolute Gasteiger partial charge is 0.292 e. The summed E-state index contributed by atoms with van der Waals surface area (Å²) in [6.45, 7) is 2.62. The third-order valence-electron chi connectivity index (χ3n) is 3.47. The molecule has 6 heteroatoms. The highest BCUT2D eigenvalue weighted by Gasteiger charge is 2.35. The van der Waals surface area contributed by atoms with E-state index in [4.69, 9.17) is 0 Å². The van der Waals surface area contributed by atoms with Gasteiger partial charge in [-0.25, -0.2) is 0 Å². The van der Waals surface area contributed by atoms with Gasteiger partial charge in [-0.1, -0.05) is 12.1 Å². The van der Waals surface area contributed by atoms with Gasteiger partial charge in [0.2, 0.25) is 5.91 Å². The fourth-order valence-electron chi connectivity index (χ4n) is 2.25. The second kappa shape index (κ2) is 5.36. The summed E-state index contributed by atoms with van der Waals surface area (Å²) in [4.78, 5) is 22.7. The van der Waals surface area contributed by atoms with E-state index in [9.17, 15) is 14.9 Å². The van der Waals surface area contributed by atoms with Crippen LogP contribution in [0.4, 0.5) is 11.4 Å². The number of nitro benzene ring substituents is 1. The minimum absolute atomic E-state index is 0.0877. The lowest BCUT2D eigenvalue weighted by molar-refractivity contribution is -0.383. The van der Waals surface area contributed by atoms with Gasteiger partial charge in [0.1, 0.15) is 5.69 Å². The summed E-state index contributed by atoms with van der Waals surface area (Å²) in [6.07, 6.45) is 2.77. The van der Waals surface area contributed by atoms with Crippen molar-refractivity contribution in [3.63, 3.8) is 0 Å². The molecule has 1 heterocycles. The number of piperidine rings is 1. The summed E-state index contributed by atoms with van der Waals surface area (Å²) < 4.78 is 0. The summed E-state index contributed by atoms with van der Waals surface area (Å²) in [7, 11) is 0. The molecule has 1 unspecified atom stereocenters. The summed E-state index contributed by atoms with van der Waals surface area (Å²) in [5, 5.41) is 16.7. The van der Waals surface area contributed by atoms with Crippen LogP contribution in [-0.4, -0.2) is 22.9 Å². The van der Waals surface area contributed by atoms with E-state index in [0.29, 0.717) is 0 Å². The highest BCUT2D eigenvalue weighted by atomic mass is 16.6. The van der Waals surface area contributed by atoms with Gasteiger partial charge in [-0.2, -0.15) is 0 Å². The predicted octanol–water partition coefficient (Wildman–Crippen LogP) is 2.07. The number of hydrogen-bond acceptors (Lipinski definition) is 4. The van der Waals surface area contributed by atoms with Gasteiger partial charge in [-0.3, -0.25) is 14.9 Å². The van der Waals surface area contributed by atoms with Crippen LogP contribution < -0.4 is 10.6 Å². The molecule has 0 saturated carbocycles. The van der Waals surface area contributed by atoms with Crippen LogP contribution in [-0.2, 0) is 4.79 Å². The molecular weight excluding hydrogens is 246 g/mol. The maximum atomic E-state index is 12.3. The zero-order chi connectivity index (χ0) is 13.9. The van der Waals surface area contributed by atoms with Crippen LogP contribution >= 0.6 is 0 Å². The number of hydrogen-bond donors (Lipinski definition) is 2. The van der Waals surface area contributed by atoms with Gasteiger partial charge in [0, 0.05) is 6.07 Å². The fraction of sp³-hybridized carbons (Fsp3) is 0.462. The molecule has 1 amide bonds. The highest BCUT2D eigenvalue weighted by Crippen LogP contribution is 2.26. The third kappa shape index (κ3) is 2.90. The van der Waals surface area contributed by atoms with Crippen molar-refractivity contribution in [1.82, 2.24) is 5.32 Å². The van der Waals surface area contributed by atoms with Crippen molar-refractivity contribution < 1.29 is 9.72 Å². The molecule has 0 aromatic heterocycles. The van der Waals surface area contributed by atoms with Crippen molar-refractivity contribution in [3.8, 4) is 0 Å². The van der Waals surface area contributed by atoms with E-state index < -0.39 is 10.5 Å². The largest absolute Gasteiger partial charge is 0.319 e. The standard InChI is InChI=1S/C13H17N3O3/c1-13(8-4-5-9-14-13)12(17)15-10-6-2-3-7-11(10)16(18)19/h2-3,6-7,14H,4-5,8-9H2,1H3,(H,15,17). The molecule has 1 aromatic rings. The van der Waals surface area contributed by atoms with Gasteiger partial charge in [0.05, 0.1) is 10.5 Å². The zero-order valence-electron chi connectivity index (χ0n) is 10.8. The second-order valence-electron chi connectivity index (χ2n) is 4.94. The second-order valence-corrected chi connectivity index (χ2v) is 4.94. The van der Waals surface area contributed by atoms with Crippen molar-refractivity contribution >= 4 is 17.3 Å². The summed E-state index contributed by atoms with van der Waals surface area (Å²) >= 11 is 0. The van der Waals surface area contributed by atoms with E-state index in [1.165, 1.54) is 6.07 Å². The number of benzene rings is 1. The Hall–Kier alpha value is -1.95. The zero-order valence-corrected chi connectivity index (χ0v) is 10.8. The molecule has 0 bridgehead atoms. The van der Waals surface area contributed by atoms with Crippen LogP contribution in [0, 0.1) is 10.1 Å². The van der Waals surface area contributed by atoms with E-state index in [1.54, 1.807) is 18.2 Å². The van der Waals surface area contributed by atoms with Gasteiger partial charge in [-0.15, -0.1) is 0 Å². The van der Waals surface area contributed by atoms with Gasteiger partial charge in [-0.05, 0) is 38.8 Å². The average Bonchev–Trinajstić information content (AvgIpc) is 2.40. The van der Waals surface area contributed by atoms with Crippen LogP contribution in [0.1, 0.15) is 26.2 Å². The van der Waals surface area contributed by atoms with Crippen LogP contribution in [0.15, 0.2) is 24.3 Å². The molecule has 2 N–H and O–H groups in total. The summed E-state index contributed by atoms with van der Waals surface area (Å²) in [5.41, 5.74) is -0.497. The molecule has 6 nitrogen and oxygen atoms in total. The molecule has 2 rings (SSSR count). The number of carbonyl (C=O) groups is 1. The molecule has 1 fully saturated rings. The minimum Gasteiger partial charge on any atom is -0.319 e. The number of amides is 1.